The molecule has 1 aromatic heterocycles. The van der Waals surface area contributed by atoms with Crippen LogP contribution in [0.4, 0.5) is 5.82 Å². The molecule has 0 aromatic carbocycles. The normalized spacial score (nSPS) is 12.8. The molecule has 96 valence electrons. The number of hydrogen-bond acceptors (Lipinski definition) is 4. The van der Waals surface area contributed by atoms with Crippen LogP contribution >= 0.6 is 0 Å². The fourth-order valence-corrected chi connectivity index (χ4v) is 1.58. The van der Waals surface area contributed by atoms with Gasteiger partial charge in [0.1, 0.15) is 0 Å². The first-order valence-electron chi connectivity index (χ1n) is 5.97. The van der Waals surface area contributed by atoms with Crippen LogP contribution in [0.15, 0.2) is 17.2 Å². The summed E-state index contributed by atoms with van der Waals surface area (Å²) in [5.41, 5.74) is -0.106. The van der Waals surface area contributed by atoms with Crippen molar-refractivity contribution in [1.82, 2.24) is 9.55 Å². The number of aliphatic hydroxyl groups excluding tert-OH is 1. The first kappa shape index (κ1) is 13.7. The van der Waals surface area contributed by atoms with Crippen molar-refractivity contribution in [3.63, 3.8) is 0 Å². The van der Waals surface area contributed by atoms with Gasteiger partial charge in [0, 0.05) is 31.6 Å². The average Bonchev–Trinajstić information content (AvgIpc) is 2.23. The monoisotopic (exact) mass is 239 g/mol. The largest absolute Gasteiger partial charge is 0.396 e. The third-order valence-corrected chi connectivity index (χ3v) is 2.42. The maximum atomic E-state index is 12.0. The first-order valence-corrected chi connectivity index (χ1v) is 5.97. The van der Waals surface area contributed by atoms with Crippen LogP contribution in [0, 0.1) is 5.92 Å². The molecule has 0 saturated carbocycles. The zero-order valence-electron chi connectivity index (χ0n) is 10.7. The molecule has 0 aliphatic heterocycles. The molecule has 1 rings (SSSR count). The predicted octanol–water partition coefficient (Wildman–Crippen LogP) is 1.08. The Morgan fingerprint density at radius 3 is 2.76 bits per heavy atom. The molecule has 0 fully saturated rings. The van der Waals surface area contributed by atoms with Gasteiger partial charge in [0.15, 0.2) is 5.82 Å². The molecule has 1 heterocycles. The molecule has 0 radical (unpaired) electrons. The van der Waals surface area contributed by atoms with E-state index in [0.29, 0.717) is 24.7 Å². The summed E-state index contributed by atoms with van der Waals surface area (Å²) in [6, 6.07) is 0.0371. The molecule has 0 saturated heterocycles. The Hall–Kier alpha value is -1.36. The van der Waals surface area contributed by atoms with Crippen LogP contribution in [0.3, 0.4) is 0 Å². The van der Waals surface area contributed by atoms with Gasteiger partial charge in [0.25, 0.3) is 5.56 Å². The highest BCUT2D eigenvalue weighted by Gasteiger charge is 2.08. The van der Waals surface area contributed by atoms with Gasteiger partial charge in [-0.3, -0.25) is 4.79 Å². The van der Waals surface area contributed by atoms with Crippen LogP contribution in [0.2, 0.25) is 0 Å². The second-order valence-corrected chi connectivity index (χ2v) is 4.68. The summed E-state index contributed by atoms with van der Waals surface area (Å²) in [5, 5.41) is 11.8. The average molecular weight is 239 g/mol. The zero-order valence-corrected chi connectivity index (χ0v) is 10.7. The summed E-state index contributed by atoms with van der Waals surface area (Å²) in [6.07, 6.45) is 3.92. The number of rotatable bonds is 6. The van der Waals surface area contributed by atoms with Gasteiger partial charge in [-0.05, 0) is 19.3 Å². The molecular weight excluding hydrogens is 218 g/mol. The second kappa shape index (κ2) is 6.39. The third-order valence-electron chi connectivity index (χ3n) is 2.42. The Bertz CT molecular complexity index is 401. The lowest BCUT2D eigenvalue weighted by Crippen LogP contribution is -2.29. The maximum absolute atomic E-state index is 12.0. The Balaban J connectivity index is 2.83. The lowest BCUT2D eigenvalue weighted by atomic mass is 10.2. The number of aromatic nitrogens is 2. The van der Waals surface area contributed by atoms with Gasteiger partial charge in [0.2, 0.25) is 0 Å². The van der Waals surface area contributed by atoms with Gasteiger partial charge in [-0.2, -0.15) is 0 Å². The van der Waals surface area contributed by atoms with E-state index in [0.717, 1.165) is 0 Å². The van der Waals surface area contributed by atoms with Crippen molar-refractivity contribution >= 4 is 5.82 Å². The predicted molar refractivity (Wildman–Crippen MR) is 68.1 cm³/mol. The van der Waals surface area contributed by atoms with E-state index in [1.807, 2.05) is 6.92 Å². The van der Waals surface area contributed by atoms with Crippen molar-refractivity contribution < 1.29 is 5.11 Å². The highest BCUT2D eigenvalue weighted by atomic mass is 16.3. The smallest absolute Gasteiger partial charge is 0.293 e. The molecule has 17 heavy (non-hydrogen) atoms. The molecule has 0 amide bonds. The van der Waals surface area contributed by atoms with Crippen LogP contribution < -0.4 is 10.9 Å². The van der Waals surface area contributed by atoms with E-state index in [1.54, 1.807) is 17.0 Å². The Kier molecular flexibility index (Phi) is 5.15. The topological polar surface area (TPSA) is 67.2 Å². The van der Waals surface area contributed by atoms with Crippen molar-refractivity contribution in [3.05, 3.63) is 22.7 Å². The quantitative estimate of drug-likeness (QED) is 0.779. The molecule has 0 spiro atoms. The van der Waals surface area contributed by atoms with E-state index in [4.69, 9.17) is 5.11 Å². The van der Waals surface area contributed by atoms with Gasteiger partial charge in [-0.1, -0.05) is 13.8 Å². The number of nitrogens with zero attached hydrogens (tertiary/aromatic N) is 2. The molecule has 0 aliphatic rings. The number of nitrogens with one attached hydrogen (secondary N) is 1. The van der Waals surface area contributed by atoms with Crippen molar-refractivity contribution in [3.8, 4) is 0 Å². The summed E-state index contributed by atoms with van der Waals surface area (Å²) in [4.78, 5) is 16.1. The molecule has 1 aromatic rings. The molecule has 2 N–H and O–H groups in total. The second-order valence-electron chi connectivity index (χ2n) is 4.68. The van der Waals surface area contributed by atoms with E-state index >= 15 is 0 Å². The SMILES string of the molecule is CC(C)Cn1ccnc(NC(C)CCO)c1=O. The lowest BCUT2D eigenvalue weighted by Gasteiger charge is -2.14. The van der Waals surface area contributed by atoms with Crippen molar-refractivity contribution in [2.45, 2.75) is 39.8 Å². The van der Waals surface area contributed by atoms with Crippen LogP contribution in [0.1, 0.15) is 27.2 Å². The van der Waals surface area contributed by atoms with Gasteiger partial charge < -0.3 is 15.0 Å². The fourth-order valence-electron chi connectivity index (χ4n) is 1.58. The Morgan fingerprint density at radius 1 is 1.47 bits per heavy atom. The summed E-state index contributed by atoms with van der Waals surface area (Å²) >= 11 is 0. The first-order chi connectivity index (χ1) is 8.04. The molecule has 5 nitrogen and oxygen atoms in total. The summed E-state index contributed by atoms with van der Waals surface area (Å²) in [6.45, 7) is 6.82. The number of hydrogen-bond donors (Lipinski definition) is 2. The zero-order chi connectivity index (χ0) is 12.8. The minimum atomic E-state index is -0.106. The summed E-state index contributed by atoms with van der Waals surface area (Å²) < 4.78 is 1.66. The number of anilines is 1. The maximum Gasteiger partial charge on any atom is 0.293 e. The highest BCUT2D eigenvalue weighted by Crippen LogP contribution is 2.01. The Labute approximate surface area is 102 Å². The van der Waals surface area contributed by atoms with Crippen molar-refractivity contribution in [2.24, 2.45) is 5.92 Å². The van der Waals surface area contributed by atoms with E-state index in [1.165, 1.54) is 0 Å². The Morgan fingerprint density at radius 2 is 2.18 bits per heavy atom. The summed E-state index contributed by atoms with van der Waals surface area (Å²) in [7, 11) is 0. The van der Waals surface area contributed by atoms with Crippen LogP contribution in [-0.2, 0) is 6.54 Å². The van der Waals surface area contributed by atoms with Gasteiger partial charge in [0.05, 0.1) is 0 Å². The van der Waals surface area contributed by atoms with E-state index < -0.39 is 0 Å². The van der Waals surface area contributed by atoms with Crippen LogP contribution in [-0.4, -0.2) is 27.3 Å². The van der Waals surface area contributed by atoms with Gasteiger partial charge in [-0.15, -0.1) is 0 Å². The highest BCUT2D eigenvalue weighted by molar-refractivity contribution is 5.31. The molecular formula is C12H21N3O2. The van der Waals surface area contributed by atoms with Crippen molar-refractivity contribution in [2.75, 3.05) is 11.9 Å². The van der Waals surface area contributed by atoms with Crippen LogP contribution in [0.25, 0.3) is 0 Å². The number of aliphatic hydroxyl groups is 1. The summed E-state index contributed by atoms with van der Waals surface area (Å²) in [5.74, 6) is 0.770. The van der Waals surface area contributed by atoms with E-state index in [-0.39, 0.29) is 18.2 Å². The third kappa shape index (κ3) is 4.19. The standard InChI is InChI=1S/C12H21N3O2/c1-9(2)8-15-6-5-13-11(12(15)17)14-10(3)4-7-16/h5-6,9-10,16H,4,7-8H2,1-3H3,(H,13,14). The van der Waals surface area contributed by atoms with E-state index in [9.17, 15) is 4.79 Å². The van der Waals surface area contributed by atoms with Crippen LogP contribution in [0.5, 0.6) is 0 Å². The minimum absolute atomic E-state index is 0.0371. The minimum Gasteiger partial charge on any atom is -0.396 e. The lowest BCUT2D eigenvalue weighted by molar-refractivity contribution is 0.282. The fraction of sp³-hybridized carbons (Fsp3) is 0.667. The molecule has 1 atom stereocenters. The molecule has 0 aliphatic carbocycles. The van der Waals surface area contributed by atoms with Gasteiger partial charge >= 0.3 is 0 Å². The van der Waals surface area contributed by atoms with Crippen molar-refractivity contribution in [1.29, 1.82) is 0 Å². The van der Waals surface area contributed by atoms with E-state index in [2.05, 4.69) is 24.1 Å². The molecule has 5 heteroatoms. The molecule has 0 bridgehead atoms. The van der Waals surface area contributed by atoms with Gasteiger partial charge in [-0.25, -0.2) is 4.98 Å². The molecule has 1 unspecified atom stereocenters.